The molecule has 0 saturated carbocycles. The molecular weight excluding hydrogens is 130 g/mol. The number of carboxylic acid groups (broad SMARTS) is 1. The smallest absolute Gasteiger partial charge is 0.310 e. The van der Waals surface area contributed by atoms with Gasteiger partial charge in [0.1, 0.15) is 0 Å². The summed E-state index contributed by atoms with van der Waals surface area (Å²) in [7, 11) is 1.94. The average Bonchev–Trinajstić information content (AvgIpc) is 1.88. The summed E-state index contributed by atoms with van der Waals surface area (Å²) >= 11 is 0. The Kier molecular flexibility index (Phi) is 1.94. The van der Waals surface area contributed by atoms with Crippen molar-refractivity contribution in [2.75, 3.05) is 13.6 Å². The lowest BCUT2D eigenvalue weighted by molar-refractivity contribution is -0.140. The number of carbonyl (C=O) groups is 1. The third-order valence-electron chi connectivity index (χ3n) is 1.68. The molecule has 0 saturated heterocycles. The predicted molar refractivity (Wildman–Crippen MR) is 37.5 cm³/mol. The van der Waals surface area contributed by atoms with Gasteiger partial charge >= 0.3 is 5.97 Å². The molecule has 0 radical (unpaired) electrons. The molecule has 3 nitrogen and oxygen atoms in total. The van der Waals surface area contributed by atoms with Crippen molar-refractivity contribution in [3.05, 3.63) is 12.3 Å². The fourth-order valence-corrected chi connectivity index (χ4v) is 0.970. The van der Waals surface area contributed by atoms with Crippen LogP contribution in [0.15, 0.2) is 12.3 Å². The SMILES string of the molecule is CN1C=CC(C(=O)O)CC1. The lowest BCUT2D eigenvalue weighted by Crippen LogP contribution is -2.24. The van der Waals surface area contributed by atoms with Crippen LogP contribution in [0.2, 0.25) is 0 Å². The van der Waals surface area contributed by atoms with E-state index < -0.39 is 5.97 Å². The van der Waals surface area contributed by atoms with Gasteiger partial charge in [0, 0.05) is 13.6 Å². The Balaban J connectivity index is 2.53. The highest BCUT2D eigenvalue weighted by Crippen LogP contribution is 2.11. The van der Waals surface area contributed by atoms with Crippen molar-refractivity contribution in [3.8, 4) is 0 Å². The van der Waals surface area contributed by atoms with Gasteiger partial charge in [0.2, 0.25) is 0 Å². The first kappa shape index (κ1) is 7.12. The second-order valence-electron chi connectivity index (χ2n) is 2.56. The van der Waals surface area contributed by atoms with Crippen molar-refractivity contribution in [3.63, 3.8) is 0 Å². The number of carboxylic acids is 1. The Morgan fingerprint density at radius 2 is 2.50 bits per heavy atom. The van der Waals surface area contributed by atoms with E-state index in [1.807, 2.05) is 18.1 Å². The van der Waals surface area contributed by atoms with E-state index >= 15 is 0 Å². The molecule has 1 unspecified atom stereocenters. The first-order valence-corrected chi connectivity index (χ1v) is 3.31. The summed E-state index contributed by atoms with van der Waals surface area (Å²) < 4.78 is 0. The Hall–Kier alpha value is -0.990. The molecule has 56 valence electrons. The summed E-state index contributed by atoms with van der Waals surface area (Å²) in [5.74, 6) is -0.986. The van der Waals surface area contributed by atoms with Crippen LogP contribution in [0.25, 0.3) is 0 Å². The maximum atomic E-state index is 10.4. The minimum Gasteiger partial charge on any atom is -0.481 e. The van der Waals surface area contributed by atoms with Crippen LogP contribution in [-0.4, -0.2) is 29.6 Å². The minimum atomic E-state index is -0.718. The molecule has 0 amide bonds. The molecule has 1 atom stereocenters. The van der Waals surface area contributed by atoms with E-state index in [1.54, 1.807) is 6.08 Å². The maximum Gasteiger partial charge on any atom is 0.310 e. The lowest BCUT2D eigenvalue weighted by Gasteiger charge is -2.21. The van der Waals surface area contributed by atoms with Crippen LogP contribution in [-0.2, 0) is 4.79 Å². The second-order valence-corrected chi connectivity index (χ2v) is 2.56. The zero-order valence-corrected chi connectivity index (χ0v) is 5.95. The molecule has 1 heterocycles. The zero-order valence-electron chi connectivity index (χ0n) is 5.95. The molecule has 0 aliphatic carbocycles. The molecule has 1 aliphatic rings. The van der Waals surface area contributed by atoms with E-state index in [2.05, 4.69) is 0 Å². The first-order valence-electron chi connectivity index (χ1n) is 3.31. The molecule has 0 bridgehead atoms. The fourth-order valence-electron chi connectivity index (χ4n) is 0.970. The molecule has 1 aliphatic heterocycles. The van der Waals surface area contributed by atoms with Gasteiger partial charge in [0.15, 0.2) is 0 Å². The van der Waals surface area contributed by atoms with Crippen molar-refractivity contribution in [1.82, 2.24) is 4.90 Å². The van der Waals surface area contributed by atoms with Gasteiger partial charge in [-0.1, -0.05) is 6.08 Å². The van der Waals surface area contributed by atoms with E-state index in [0.29, 0.717) is 0 Å². The summed E-state index contributed by atoms with van der Waals surface area (Å²) in [4.78, 5) is 12.4. The number of hydrogen-bond donors (Lipinski definition) is 1. The van der Waals surface area contributed by atoms with E-state index in [9.17, 15) is 4.79 Å². The van der Waals surface area contributed by atoms with E-state index in [0.717, 1.165) is 13.0 Å². The van der Waals surface area contributed by atoms with Crippen molar-refractivity contribution in [2.24, 2.45) is 5.92 Å². The summed E-state index contributed by atoms with van der Waals surface area (Å²) in [6.07, 6.45) is 4.27. The predicted octanol–water partition coefficient (Wildman–Crippen LogP) is 0.536. The van der Waals surface area contributed by atoms with Crippen LogP contribution < -0.4 is 0 Å². The Morgan fingerprint density at radius 1 is 1.80 bits per heavy atom. The number of aliphatic carboxylic acids is 1. The third kappa shape index (κ3) is 1.50. The van der Waals surface area contributed by atoms with Crippen LogP contribution in [0.4, 0.5) is 0 Å². The van der Waals surface area contributed by atoms with Crippen LogP contribution in [0, 0.1) is 5.92 Å². The maximum absolute atomic E-state index is 10.4. The van der Waals surface area contributed by atoms with Gasteiger partial charge in [-0.05, 0) is 12.6 Å². The molecule has 0 spiro atoms. The highest BCUT2D eigenvalue weighted by atomic mass is 16.4. The standard InChI is InChI=1S/C7H11NO2/c1-8-4-2-6(3-5-8)7(9)10/h2,4,6H,3,5H2,1H3,(H,9,10). The molecule has 3 heteroatoms. The minimum absolute atomic E-state index is 0.267. The molecule has 1 rings (SSSR count). The molecular formula is C7H11NO2. The van der Waals surface area contributed by atoms with Crippen LogP contribution in [0.3, 0.4) is 0 Å². The third-order valence-corrected chi connectivity index (χ3v) is 1.68. The summed E-state index contributed by atoms with van der Waals surface area (Å²) in [6.45, 7) is 0.841. The fraction of sp³-hybridized carbons (Fsp3) is 0.571. The van der Waals surface area contributed by atoms with Gasteiger partial charge in [0.05, 0.1) is 5.92 Å². The Bertz CT molecular complexity index is 165. The van der Waals surface area contributed by atoms with Gasteiger partial charge in [-0.15, -0.1) is 0 Å². The monoisotopic (exact) mass is 141 g/mol. The normalized spacial score (nSPS) is 24.9. The van der Waals surface area contributed by atoms with Crippen molar-refractivity contribution < 1.29 is 9.90 Å². The van der Waals surface area contributed by atoms with Gasteiger partial charge in [-0.3, -0.25) is 4.79 Å². The van der Waals surface area contributed by atoms with Crippen molar-refractivity contribution >= 4 is 5.97 Å². The largest absolute Gasteiger partial charge is 0.481 e. The van der Waals surface area contributed by atoms with Crippen LogP contribution in [0.1, 0.15) is 6.42 Å². The molecule has 0 aromatic carbocycles. The number of rotatable bonds is 1. The topological polar surface area (TPSA) is 40.5 Å². The molecule has 10 heavy (non-hydrogen) atoms. The summed E-state index contributed by atoms with van der Waals surface area (Å²) in [5, 5.41) is 8.55. The molecule has 0 aromatic heterocycles. The van der Waals surface area contributed by atoms with Crippen molar-refractivity contribution in [1.29, 1.82) is 0 Å². The van der Waals surface area contributed by atoms with Crippen LogP contribution >= 0.6 is 0 Å². The van der Waals surface area contributed by atoms with E-state index in [1.165, 1.54) is 0 Å². The molecule has 0 aromatic rings. The summed E-state index contributed by atoms with van der Waals surface area (Å²) in [5.41, 5.74) is 0. The highest BCUT2D eigenvalue weighted by Gasteiger charge is 2.16. The van der Waals surface area contributed by atoms with Gasteiger partial charge < -0.3 is 10.0 Å². The van der Waals surface area contributed by atoms with Gasteiger partial charge in [-0.2, -0.15) is 0 Å². The van der Waals surface area contributed by atoms with E-state index in [-0.39, 0.29) is 5.92 Å². The highest BCUT2D eigenvalue weighted by molar-refractivity contribution is 5.72. The average molecular weight is 141 g/mol. The number of hydrogen-bond acceptors (Lipinski definition) is 2. The van der Waals surface area contributed by atoms with E-state index in [4.69, 9.17) is 5.11 Å². The molecule has 0 fully saturated rings. The van der Waals surface area contributed by atoms with Crippen LogP contribution in [0.5, 0.6) is 0 Å². The Morgan fingerprint density at radius 3 is 2.90 bits per heavy atom. The van der Waals surface area contributed by atoms with Gasteiger partial charge in [0.25, 0.3) is 0 Å². The second kappa shape index (κ2) is 2.73. The number of nitrogens with zero attached hydrogens (tertiary/aromatic N) is 1. The lowest BCUT2D eigenvalue weighted by atomic mass is 10.0. The quantitative estimate of drug-likeness (QED) is 0.579. The molecule has 1 N–H and O–H groups in total. The van der Waals surface area contributed by atoms with Gasteiger partial charge in [-0.25, -0.2) is 0 Å². The zero-order chi connectivity index (χ0) is 7.56. The van der Waals surface area contributed by atoms with Crippen molar-refractivity contribution in [2.45, 2.75) is 6.42 Å². The summed E-state index contributed by atoms with van der Waals surface area (Å²) in [6, 6.07) is 0. The first-order chi connectivity index (χ1) is 4.70. The Labute approximate surface area is 59.9 Å².